The summed E-state index contributed by atoms with van der Waals surface area (Å²) in [7, 11) is 0. The second-order valence-corrected chi connectivity index (χ2v) is 4.78. The summed E-state index contributed by atoms with van der Waals surface area (Å²) >= 11 is 0. The number of aromatic nitrogens is 1. The second-order valence-electron chi connectivity index (χ2n) is 4.78. The van der Waals surface area contributed by atoms with Gasteiger partial charge in [-0.15, -0.1) is 0 Å². The molecule has 1 heteroatoms. The zero-order chi connectivity index (χ0) is 10.1. The van der Waals surface area contributed by atoms with Crippen LogP contribution in [0.5, 0.6) is 0 Å². The molecule has 1 atom stereocenters. The van der Waals surface area contributed by atoms with Gasteiger partial charge in [0.15, 0.2) is 0 Å². The monoisotopic (exact) mass is 179 g/mol. The molecule has 0 aromatic carbocycles. The summed E-state index contributed by atoms with van der Waals surface area (Å²) in [5, 5.41) is 0. The molecule has 0 N–H and O–H groups in total. The molecule has 0 bridgehead atoms. The highest BCUT2D eigenvalue weighted by Crippen LogP contribution is 2.25. The predicted molar refractivity (Wildman–Crippen MR) is 58.1 cm³/mol. The van der Waals surface area contributed by atoms with Crippen molar-refractivity contribution < 1.29 is 0 Å². The van der Waals surface area contributed by atoms with Crippen LogP contribution in [0, 0.1) is 0 Å². The fraction of sp³-hybridized carbons (Fsp3) is 0.667. The zero-order valence-corrected chi connectivity index (χ0v) is 9.46. The van der Waals surface area contributed by atoms with Gasteiger partial charge in [0.25, 0.3) is 0 Å². The molecule has 0 saturated carbocycles. The smallest absolute Gasteiger partial charge is 0.0358 e. The van der Waals surface area contributed by atoms with Gasteiger partial charge in [-0.1, -0.05) is 13.8 Å². The van der Waals surface area contributed by atoms with Crippen molar-refractivity contribution in [2.45, 2.75) is 52.5 Å². The first kappa shape index (κ1) is 10.4. The van der Waals surface area contributed by atoms with Crippen molar-refractivity contribution in [2.24, 2.45) is 0 Å². The van der Waals surface area contributed by atoms with Gasteiger partial charge in [-0.3, -0.25) is 0 Å². The minimum absolute atomic E-state index is 0.211. The summed E-state index contributed by atoms with van der Waals surface area (Å²) in [5.41, 5.74) is 1.66. The Kier molecular flexibility index (Phi) is 2.84. The first-order valence-electron chi connectivity index (χ1n) is 5.14. The van der Waals surface area contributed by atoms with Gasteiger partial charge in [-0.25, -0.2) is 0 Å². The van der Waals surface area contributed by atoms with Gasteiger partial charge in [0.2, 0.25) is 0 Å². The Labute approximate surface area is 81.8 Å². The number of hydrogen-bond donors (Lipinski definition) is 0. The zero-order valence-electron chi connectivity index (χ0n) is 9.46. The van der Waals surface area contributed by atoms with Crippen LogP contribution in [0.4, 0.5) is 0 Å². The van der Waals surface area contributed by atoms with Crippen molar-refractivity contribution in [1.82, 2.24) is 4.57 Å². The van der Waals surface area contributed by atoms with Crippen molar-refractivity contribution in [3.8, 4) is 0 Å². The molecule has 1 nitrogen and oxygen atoms in total. The third-order valence-electron chi connectivity index (χ3n) is 2.62. The summed E-state index contributed by atoms with van der Waals surface area (Å²) in [6, 6.07) is 4.38. The van der Waals surface area contributed by atoms with Crippen LogP contribution in [0.1, 0.15) is 52.7 Å². The van der Waals surface area contributed by atoms with Crippen LogP contribution in [0.2, 0.25) is 0 Å². The minimum atomic E-state index is 0.211. The lowest BCUT2D eigenvalue weighted by Crippen LogP contribution is -2.23. The highest BCUT2D eigenvalue weighted by atomic mass is 15.0. The van der Waals surface area contributed by atoms with Crippen LogP contribution in [-0.2, 0) is 5.54 Å². The number of rotatable bonds is 2. The third kappa shape index (κ3) is 2.15. The van der Waals surface area contributed by atoms with E-state index < -0.39 is 0 Å². The Hall–Kier alpha value is -0.720. The fourth-order valence-corrected chi connectivity index (χ4v) is 1.62. The van der Waals surface area contributed by atoms with Gasteiger partial charge >= 0.3 is 0 Å². The predicted octanol–water partition coefficient (Wildman–Crippen LogP) is 3.76. The standard InChI is InChI=1S/C12H21N/c1-6-10(2)11-8-7-9-13(11)12(3,4)5/h7-10H,6H2,1-5H3. The van der Waals surface area contributed by atoms with E-state index in [0.29, 0.717) is 5.92 Å². The van der Waals surface area contributed by atoms with E-state index in [2.05, 4.69) is 57.5 Å². The Morgan fingerprint density at radius 3 is 2.46 bits per heavy atom. The Morgan fingerprint density at radius 2 is 2.00 bits per heavy atom. The summed E-state index contributed by atoms with van der Waals surface area (Å²) in [5.74, 6) is 0.661. The number of hydrogen-bond acceptors (Lipinski definition) is 0. The maximum absolute atomic E-state index is 2.38. The number of nitrogens with zero attached hydrogens (tertiary/aromatic N) is 1. The summed E-state index contributed by atoms with van der Waals surface area (Å²) in [6.45, 7) is 11.3. The van der Waals surface area contributed by atoms with Gasteiger partial charge in [-0.05, 0) is 45.2 Å². The summed E-state index contributed by atoms with van der Waals surface area (Å²) in [6.07, 6.45) is 3.39. The van der Waals surface area contributed by atoms with Crippen molar-refractivity contribution in [2.75, 3.05) is 0 Å². The van der Waals surface area contributed by atoms with E-state index in [1.807, 2.05) is 0 Å². The van der Waals surface area contributed by atoms with Crippen molar-refractivity contribution in [3.63, 3.8) is 0 Å². The largest absolute Gasteiger partial charge is 0.346 e. The maximum atomic E-state index is 2.38. The van der Waals surface area contributed by atoms with Crippen LogP contribution in [0.15, 0.2) is 18.3 Å². The van der Waals surface area contributed by atoms with Gasteiger partial charge in [0, 0.05) is 17.4 Å². The Bertz CT molecular complexity index is 265. The second kappa shape index (κ2) is 3.57. The maximum Gasteiger partial charge on any atom is 0.0358 e. The molecule has 0 saturated heterocycles. The molecule has 0 aliphatic heterocycles. The van der Waals surface area contributed by atoms with Gasteiger partial charge < -0.3 is 4.57 Å². The van der Waals surface area contributed by atoms with Crippen molar-refractivity contribution in [1.29, 1.82) is 0 Å². The molecule has 74 valence electrons. The Balaban J connectivity index is 3.03. The van der Waals surface area contributed by atoms with E-state index in [1.165, 1.54) is 12.1 Å². The minimum Gasteiger partial charge on any atom is -0.346 e. The Morgan fingerprint density at radius 1 is 1.38 bits per heavy atom. The van der Waals surface area contributed by atoms with Crippen molar-refractivity contribution in [3.05, 3.63) is 24.0 Å². The topological polar surface area (TPSA) is 4.93 Å². The van der Waals surface area contributed by atoms with E-state index in [9.17, 15) is 0 Å². The first-order chi connectivity index (χ1) is 5.96. The molecule has 0 amide bonds. The molecular formula is C12H21N. The van der Waals surface area contributed by atoms with Gasteiger partial charge in [0.05, 0.1) is 0 Å². The fourth-order valence-electron chi connectivity index (χ4n) is 1.62. The van der Waals surface area contributed by atoms with Gasteiger partial charge in [0.1, 0.15) is 0 Å². The molecule has 0 aliphatic rings. The average Bonchev–Trinajstić information content (AvgIpc) is 2.49. The molecule has 13 heavy (non-hydrogen) atoms. The molecule has 1 heterocycles. The van der Waals surface area contributed by atoms with Crippen LogP contribution >= 0.6 is 0 Å². The van der Waals surface area contributed by atoms with E-state index in [1.54, 1.807) is 0 Å². The third-order valence-corrected chi connectivity index (χ3v) is 2.62. The van der Waals surface area contributed by atoms with E-state index in [4.69, 9.17) is 0 Å². The van der Waals surface area contributed by atoms with Crippen LogP contribution in [-0.4, -0.2) is 4.57 Å². The molecule has 0 aliphatic carbocycles. The summed E-state index contributed by atoms with van der Waals surface area (Å²) < 4.78 is 2.38. The molecule has 0 spiro atoms. The normalized spacial score (nSPS) is 14.5. The molecule has 1 aromatic rings. The molecule has 1 aromatic heterocycles. The highest BCUT2D eigenvalue weighted by Gasteiger charge is 2.17. The average molecular weight is 179 g/mol. The highest BCUT2D eigenvalue weighted by molar-refractivity contribution is 5.14. The van der Waals surface area contributed by atoms with E-state index in [0.717, 1.165) is 0 Å². The van der Waals surface area contributed by atoms with Crippen molar-refractivity contribution >= 4 is 0 Å². The lowest BCUT2D eigenvalue weighted by Gasteiger charge is -2.26. The van der Waals surface area contributed by atoms with Crippen LogP contribution in [0.25, 0.3) is 0 Å². The molecular weight excluding hydrogens is 158 g/mol. The quantitative estimate of drug-likeness (QED) is 0.651. The molecule has 1 unspecified atom stereocenters. The van der Waals surface area contributed by atoms with E-state index in [-0.39, 0.29) is 5.54 Å². The summed E-state index contributed by atoms with van der Waals surface area (Å²) in [4.78, 5) is 0. The molecule has 1 rings (SSSR count). The van der Waals surface area contributed by atoms with Crippen LogP contribution < -0.4 is 0 Å². The lowest BCUT2D eigenvalue weighted by molar-refractivity contribution is 0.377. The molecule has 0 fully saturated rings. The van der Waals surface area contributed by atoms with Gasteiger partial charge in [-0.2, -0.15) is 0 Å². The van der Waals surface area contributed by atoms with Crippen LogP contribution in [0.3, 0.4) is 0 Å². The lowest BCUT2D eigenvalue weighted by atomic mass is 10.0. The SMILES string of the molecule is CCC(C)c1cccn1C(C)(C)C. The first-order valence-corrected chi connectivity index (χ1v) is 5.14. The molecule has 0 radical (unpaired) electrons. The van der Waals surface area contributed by atoms with E-state index >= 15 is 0 Å².